The molecule has 1 aromatic rings. The van der Waals surface area contributed by atoms with E-state index < -0.39 is 0 Å². The Morgan fingerprint density at radius 2 is 1.50 bits per heavy atom. The summed E-state index contributed by atoms with van der Waals surface area (Å²) in [5, 5.41) is 6.79. The van der Waals surface area contributed by atoms with Crippen molar-refractivity contribution in [2.24, 2.45) is 0 Å². The van der Waals surface area contributed by atoms with Gasteiger partial charge in [-0.2, -0.15) is 0 Å². The number of rotatable bonds is 8. The third-order valence-corrected chi connectivity index (χ3v) is 2.87. The Kier molecular flexibility index (Phi) is 6.47. The van der Waals surface area contributed by atoms with E-state index in [4.69, 9.17) is 0 Å². The number of aryl methyl sites for hydroxylation is 1. The van der Waals surface area contributed by atoms with Crippen molar-refractivity contribution >= 4 is 11.6 Å². The molecular weight excluding hydrogens is 224 g/mol. The van der Waals surface area contributed by atoms with Crippen LogP contribution in [-0.2, 0) is 6.42 Å². The highest BCUT2D eigenvalue weighted by Gasteiger charge is 2.09. The first-order valence-corrected chi connectivity index (χ1v) is 7.08. The summed E-state index contributed by atoms with van der Waals surface area (Å²) < 4.78 is 0. The van der Waals surface area contributed by atoms with Gasteiger partial charge in [-0.05, 0) is 19.8 Å². The van der Waals surface area contributed by atoms with Crippen LogP contribution in [0, 0.1) is 6.92 Å². The first-order valence-electron chi connectivity index (χ1n) is 7.08. The van der Waals surface area contributed by atoms with E-state index >= 15 is 0 Å². The first-order chi connectivity index (χ1) is 8.72. The highest BCUT2D eigenvalue weighted by atomic mass is 15.1. The van der Waals surface area contributed by atoms with Crippen LogP contribution in [0.15, 0.2) is 0 Å². The zero-order chi connectivity index (χ0) is 13.4. The minimum Gasteiger partial charge on any atom is -0.370 e. The van der Waals surface area contributed by atoms with Gasteiger partial charge in [0.15, 0.2) is 0 Å². The molecule has 1 rings (SSSR count). The second kappa shape index (κ2) is 7.90. The molecule has 0 fully saturated rings. The van der Waals surface area contributed by atoms with Gasteiger partial charge in [0.1, 0.15) is 17.5 Å². The summed E-state index contributed by atoms with van der Waals surface area (Å²) in [5.41, 5.74) is 1.12. The van der Waals surface area contributed by atoms with Crippen molar-refractivity contribution in [3.05, 3.63) is 11.4 Å². The van der Waals surface area contributed by atoms with Crippen LogP contribution in [-0.4, -0.2) is 23.1 Å². The Hall–Kier alpha value is -1.32. The fourth-order valence-electron chi connectivity index (χ4n) is 1.69. The monoisotopic (exact) mass is 250 g/mol. The van der Waals surface area contributed by atoms with Crippen LogP contribution in [0.5, 0.6) is 0 Å². The molecule has 0 bridgehead atoms. The molecule has 1 aromatic heterocycles. The molecule has 0 aliphatic heterocycles. The largest absolute Gasteiger partial charge is 0.370 e. The average molecular weight is 250 g/mol. The zero-order valence-corrected chi connectivity index (χ0v) is 12.1. The molecule has 0 atom stereocenters. The van der Waals surface area contributed by atoms with Crippen LogP contribution < -0.4 is 10.6 Å². The van der Waals surface area contributed by atoms with Crippen molar-refractivity contribution in [3.8, 4) is 0 Å². The number of nitrogens with zero attached hydrogens (tertiary/aromatic N) is 2. The molecule has 0 radical (unpaired) electrons. The minimum absolute atomic E-state index is 0.865. The lowest BCUT2D eigenvalue weighted by atomic mass is 10.2. The standard InChI is InChI=1S/C14H26N4/c1-5-8-10-16-14-11(4)13(15-9-6-2)17-12(7-3)18-14/h5-10H2,1-4H3,(H2,15,16,17,18). The molecule has 0 aliphatic carbocycles. The van der Waals surface area contributed by atoms with Crippen molar-refractivity contribution in [1.82, 2.24) is 9.97 Å². The minimum atomic E-state index is 0.865. The van der Waals surface area contributed by atoms with Gasteiger partial charge in [0.05, 0.1) is 0 Å². The van der Waals surface area contributed by atoms with E-state index in [0.717, 1.165) is 49.0 Å². The first kappa shape index (κ1) is 14.7. The lowest BCUT2D eigenvalue weighted by Gasteiger charge is -2.14. The molecule has 0 saturated heterocycles. The van der Waals surface area contributed by atoms with Crippen LogP contribution in [0.4, 0.5) is 11.6 Å². The number of anilines is 2. The van der Waals surface area contributed by atoms with E-state index in [-0.39, 0.29) is 0 Å². The number of hydrogen-bond donors (Lipinski definition) is 2. The highest BCUT2D eigenvalue weighted by Crippen LogP contribution is 2.20. The normalized spacial score (nSPS) is 10.4. The number of aromatic nitrogens is 2. The van der Waals surface area contributed by atoms with Crippen LogP contribution in [0.1, 0.15) is 51.4 Å². The van der Waals surface area contributed by atoms with E-state index in [0.29, 0.717) is 0 Å². The van der Waals surface area contributed by atoms with Crippen LogP contribution >= 0.6 is 0 Å². The van der Waals surface area contributed by atoms with Crippen molar-refractivity contribution in [1.29, 1.82) is 0 Å². The molecule has 0 aliphatic rings. The quantitative estimate of drug-likeness (QED) is 0.694. The van der Waals surface area contributed by atoms with Gasteiger partial charge in [-0.3, -0.25) is 0 Å². The fourth-order valence-corrected chi connectivity index (χ4v) is 1.69. The SMILES string of the molecule is CCCCNc1nc(CC)nc(NCCC)c1C. The van der Waals surface area contributed by atoms with E-state index in [1.807, 2.05) is 0 Å². The molecule has 0 amide bonds. The maximum Gasteiger partial charge on any atom is 0.134 e. The maximum atomic E-state index is 4.57. The van der Waals surface area contributed by atoms with Gasteiger partial charge in [0.2, 0.25) is 0 Å². The van der Waals surface area contributed by atoms with Gasteiger partial charge >= 0.3 is 0 Å². The Bertz CT molecular complexity index is 363. The van der Waals surface area contributed by atoms with Crippen molar-refractivity contribution in [3.63, 3.8) is 0 Å². The zero-order valence-electron chi connectivity index (χ0n) is 12.1. The summed E-state index contributed by atoms with van der Waals surface area (Å²) in [6, 6.07) is 0. The molecule has 4 nitrogen and oxygen atoms in total. The summed E-state index contributed by atoms with van der Waals surface area (Å²) in [4.78, 5) is 9.12. The molecule has 0 saturated carbocycles. The van der Waals surface area contributed by atoms with Gasteiger partial charge in [-0.25, -0.2) is 9.97 Å². The lowest BCUT2D eigenvalue weighted by Crippen LogP contribution is -2.12. The van der Waals surface area contributed by atoms with Crippen molar-refractivity contribution in [2.75, 3.05) is 23.7 Å². The summed E-state index contributed by atoms with van der Waals surface area (Å²) >= 11 is 0. The van der Waals surface area contributed by atoms with Gasteiger partial charge < -0.3 is 10.6 Å². The third-order valence-electron chi connectivity index (χ3n) is 2.87. The maximum absolute atomic E-state index is 4.57. The van der Waals surface area contributed by atoms with Gasteiger partial charge in [0, 0.05) is 25.1 Å². The third kappa shape index (κ3) is 4.17. The predicted molar refractivity (Wildman–Crippen MR) is 78.3 cm³/mol. The van der Waals surface area contributed by atoms with Crippen molar-refractivity contribution in [2.45, 2.75) is 53.4 Å². The van der Waals surface area contributed by atoms with E-state index in [9.17, 15) is 0 Å². The van der Waals surface area contributed by atoms with Gasteiger partial charge in [-0.15, -0.1) is 0 Å². The van der Waals surface area contributed by atoms with Gasteiger partial charge in [-0.1, -0.05) is 27.2 Å². The van der Waals surface area contributed by atoms with E-state index in [1.54, 1.807) is 0 Å². The Morgan fingerprint density at radius 3 is 2.00 bits per heavy atom. The van der Waals surface area contributed by atoms with Crippen LogP contribution in [0.25, 0.3) is 0 Å². The molecule has 2 N–H and O–H groups in total. The Morgan fingerprint density at radius 1 is 0.889 bits per heavy atom. The van der Waals surface area contributed by atoms with Crippen LogP contribution in [0.3, 0.4) is 0 Å². The summed E-state index contributed by atoms with van der Waals surface area (Å²) in [6.07, 6.45) is 4.33. The average Bonchev–Trinajstić information content (AvgIpc) is 2.39. The fraction of sp³-hybridized carbons (Fsp3) is 0.714. The Labute approximate surface area is 111 Å². The smallest absolute Gasteiger partial charge is 0.134 e. The number of unbranched alkanes of at least 4 members (excludes halogenated alkanes) is 1. The van der Waals surface area contributed by atoms with Gasteiger partial charge in [0.25, 0.3) is 0 Å². The topological polar surface area (TPSA) is 49.8 Å². The molecule has 0 aromatic carbocycles. The summed E-state index contributed by atoms with van der Waals surface area (Å²) in [7, 11) is 0. The van der Waals surface area contributed by atoms with Crippen molar-refractivity contribution < 1.29 is 0 Å². The molecular formula is C14H26N4. The second-order valence-corrected chi connectivity index (χ2v) is 4.52. The predicted octanol–water partition coefficient (Wildman–Crippen LogP) is 3.38. The lowest BCUT2D eigenvalue weighted by molar-refractivity contribution is 0.824. The van der Waals surface area contributed by atoms with Crippen LogP contribution in [0.2, 0.25) is 0 Å². The molecule has 18 heavy (non-hydrogen) atoms. The number of hydrogen-bond acceptors (Lipinski definition) is 4. The molecule has 1 heterocycles. The molecule has 0 spiro atoms. The van der Waals surface area contributed by atoms with E-state index in [2.05, 4.69) is 48.3 Å². The molecule has 0 unspecified atom stereocenters. The summed E-state index contributed by atoms with van der Waals surface area (Å²) in [6.45, 7) is 10.4. The summed E-state index contributed by atoms with van der Waals surface area (Å²) in [5.74, 6) is 2.86. The van der Waals surface area contributed by atoms with E-state index in [1.165, 1.54) is 12.8 Å². The Balaban J connectivity index is 2.85. The number of nitrogens with one attached hydrogen (secondary N) is 2. The highest BCUT2D eigenvalue weighted by molar-refractivity contribution is 5.57. The molecule has 102 valence electrons. The second-order valence-electron chi connectivity index (χ2n) is 4.52. The molecule has 4 heteroatoms.